The van der Waals surface area contributed by atoms with E-state index in [0.29, 0.717) is 5.41 Å². The first-order chi connectivity index (χ1) is 5.66. The molecule has 1 rings (SSSR count). The standard InChI is InChI=1S/C11H23N/c1-4-10(2)9-11(3)5-7-12-8-6-11/h10,12H,4-9H2,1-3H3. The minimum absolute atomic E-state index is 0.640. The average Bonchev–Trinajstić information content (AvgIpc) is 2.05. The van der Waals surface area contributed by atoms with Gasteiger partial charge < -0.3 is 5.32 Å². The molecule has 1 heteroatoms. The van der Waals surface area contributed by atoms with Crippen LogP contribution in [0.15, 0.2) is 0 Å². The first-order valence-electron chi connectivity index (χ1n) is 5.37. The SMILES string of the molecule is CCC(C)CC1(C)CCNCC1. The molecule has 12 heavy (non-hydrogen) atoms. The Kier molecular flexibility index (Phi) is 3.57. The Hall–Kier alpha value is -0.0400. The second-order valence-corrected chi connectivity index (χ2v) is 4.78. The lowest BCUT2D eigenvalue weighted by atomic mass is 9.74. The van der Waals surface area contributed by atoms with Gasteiger partial charge in [0.1, 0.15) is 0 Å². The number of piperidine rings is 1. The highest BCUT2D eigenvalue weighted by Gasteiger charge is 2.27. The topological polar surface area (TPSA) is 12.0 Å². The van der Waals surface area contributed by atoms with E-state index in [2.05, 4.69) is 26.1 Å². The zero-order chi connectivity index (χ0) is 9.03. The monoisotopic (exact) mass is 169 g/mol. The maximum Gasteiger partial charge on any atom is -0.00437 e. The molecule has 0 bridgehead atoms. The molecule has 0 aliphatic carbocycles. The number of hydrogen-bond donors (Lipinski definition) is 1. The van der Waals surface area contributed by atoms with Gasteiger partial charge in [0, 0.05) is 0 Å². The summed E-state index contributed by atoms with van der Waals surface area (Å²) in [6.45, 7) is 9.60. The fourth-order valence-corrected chi connectivity index (χ4v) is 2.22. The van der Waals surface area contributed by atoms with Crippen molar-refractivity contribution in [2.75, 3.05) is 13.1 Å². The highest BCUT2D eigenvalue weighted by molar-refractivity contribution is 4.81. The van der Waals surface area contributed by atoms with E-state index < -0.39 is 0 Å². The molecule has 1 unspecified atom stereocenters. The zero-order valence-electron chi connectivity index (χ0n) is 8.82. The Morgan fingerprint density at radius 2 is 1.92 bits per heavy atom. The molecule has 1 aliphatic rings. The first kappa shape index (κ1) is 10.0. The van der Waals surface area contributed by atoms with Crippen molar-refractivity contribution >= 4 is 0 Å². The summed E-state index contributed by atoms with van der Waals surface area (Å²) in [5.74, 6) is 0.910. The fourth-order valence-electron chi connectivity index (χ4n) is 2.22. The fraction of sp³-hybridized carbons (Fsp3) is 1.00. The molecule has 0 saturated carbocycles. The van der Waals surface area contributed by atoms with Gasteiger partial charge in [-0.3, -0.25) is 0 Å². The van der Waals surface area contributed by atoms with Gasteiger partial charge in [-0.1, -0.05) is 27.2 Å². The zero-order valence-corrected chi connectivity index (χ0v) is 8.82. The van der Waals surface area contributed by atoms with E-state index in [9.17, 15) is 0 Å². The Balaban J connectivity index is 2.35. The highest BCUT2D eigenvalue weighted by atomic mass is 14.9. The quantitative estimate of drug-likeness (QED) is 0.685. The van der Waals surface area contributed by atoms with Crippen LogP contribution in [0.25, 0.3) is 0 Å². The average molecular weight is 169 g/mol. The van der Waals surface area contributed by atoms with E-state index in [4.69, 9.17) is 0 Å². The molecular weight excluding hydrogens is 146 g/mol. The van der Waals surface area contributed by atoms with Gasteiger partial charge >= 0.3 is 0 Å². The third-order valence-corrected chi connectivity index (χ3v) is 3.35. The van der Waals surface area contributed by atoms with Crippen LogP contribution in [0, 0.1) is 11.3 Å². The van der Waals surface area contributed by atoms with Crippen molar-refractivity contribution in [3.63, 3.8) is 0 Å². The number of nitrogens with one attached hydrogen (secondary N) is 1. The van der Waals surface area contributed by atoms with Crippen LogP contribution >= 0.6 is 0 Å². The van der Waals surface area contributed by atoms with Crippen LogP contribution in [-0.4, -0.2) is 13.1 Å². The molecule has 1 saturated heterocycles. The Morgan fingerprint density at radius 3 is 2.42 bits per heavy atom. The van der Waals surface area contributed by atoms with Crippen molar-refractivity contribution in [1.82, 2.24) is 5.32 Å². The van der Waals surface area contributed by atoms with Crippen molar-refractivity contribution in [2.45, 2.75) is 46.5 Å². The first-order valence-corrected chi connectivity index (χ1v) is 5.37. The van der Waals surface area contributed by atoms with E-state index in [0.717, 1.165) is 5.92 Å². The van der Waals surface area contributed by atoms with Crippen LogP contribution in [0.5, 0.6) is 0 Å². The predicted molar refractivity (Wildman–Crippen MR) is 54.3 cm³/mol. The van der Waals surface area contributed by atoms with Crippen LogP contribution in [0.4, 0.5) is 0 Å². The molecule has 1 aliphatic heterocycles. The Morgan fingerprint density at radius 1 is 1.33 bits per heavy atom. The molecule has 0 aromatic rings. The maximum absolute atomic E-state index is 3.43. The summed E-state index contributed by atoms with van der Waals surface area (Å²) < 4.78 is 0. The van der Waals surface area contributed by atoms with Crippen LogP contribution in [0.2, 0.25) is 0 Å². The summed E-state index contributed by atoms with van der Waals surface area (Å²) in [7, 11) is 0. The summed E-state index contributed by atoms with van der Waals surface area (Å²) in [5, 5.41) is 3.43. The molecule has 0 amide bonds. The third kappa shape index (κ3) is 2.78. The van der Waals surface area contributed by atoms with Gasteiger partial charge in [0.05, 0.1) is 0 Å². The van der Waals surface area contributed by atoms with Gasteiger partial charge in [0.2, 0.25) is 0 Å². The molecule has 72 valence electrons. The normalized spacial score (nSPS) is 25.2. The lowest BCUT2D eigenvalue weighted by Crippen LogP contribution is -2.35. The second-order valence-electron chi connectivity index (χ2n) is 4.78. The van der Waals surface area contributed by atoms with E-state index in [-0.39, 0.29) is 0 Å². The predicted octanol–water partition coefficient (Wildman–Crippen LogP) is 2.81. The molecule has 1 heterocycles. The van der Waals surface area contributed by atoms with Gasteiger partial charge in [0.15, 0.2) is 0 Å². The van der Waals surface area contributed by atoms with Gasteiger partial charge in [-0.05, 0) is 43.7 Å². The Labute approximate surface area is 76.9 Å². The molecule has 1 atom stereocenters. The summed E-state index contributed by atoms with van der Waals surface area (Å²) >= 11 is 0. The van der Waals surface area contributed by atoms with Gasteiger partial charge in [0.25, 0.3) is 0 Å². The summed E-state index contributed by atoms with van der Waals surface area (Å²) in [6.07, 6.45) is 5.50. The van der Waals surface area contributed by atoms with Crippen molar-refractivity contribution in [2.24, 2.45) is 11.3 Å². The van der Waals surface area contributed by atoms with Gasteiger partial charge in [-0.2, -0.15) is 0 Å². The molecule has 0 radical (unpaired) electrons. The lowest BCUT2D eigenvalue weighted by molar-refractivity contribution is 0.179. The van der Waals surface area contributed by atoms with Gasteiger partial charge in [-0.15, -0.1) is 0 Å². The molecule has 1 fully saturated rings. The maximum atomic E-state index is 3.43. The minimum Gasteiger partial charge on any atom is -0.317 e. The molecule has 0 spiro atoms. The molecule has 0 aromatic carbocycles. The van der Waals surface area contributed by atoms with Crippen LogP contribution in [0.3, 0.4) is 0 Å². The lowest BCUT2D eigenvalue weighted by Gasteiger charge is -2.36. The van der Waals surface area contributed by atoms with Crippen molar-refractivity contribution in [3.05, 3.63) is 0 Å². The molecule has 1 nitrogen and oxygen atoms in total. The highest BCUT2D eigenvalue weighted by Crippen LogP contribution is 2.35. The number of rotatable bonds is 3. The van der Waals surface area contributed by atoms with E-state index in [1.165, 1.54) is 38.8 Å². The molecular formula is C11H23N. The smallest absolute Gasteiger partial charge is 0.00437 e. The van der Waals surface area contributed by atoms with Gasteiger partial charge in [-0.25, -0.2) is 0 Å². The minimum atomic E-state index is 0.640. The summed E-state index contributed by atoms with van der Waals surface area (Å²) in [4.78, 5) is 0. The van der Waals surface area contributed by atoms with Crippen molar-refractivity contribution in [1.29, 1.82) is 0 Å². The third-order valence-electron chi connectivity index (χ3n) is 3.35. The largest absolute Gasteiger partial charge is 0.317 e. The summed E-state index contributed by atoms with van der Waals surface area (Å²) in [5.41, 5.74) is 0.640. The van der Waals surface area contributed by atoms with Crippen molar-refractivity contribution < 1.29 is 0 Å². The van der Waals surface area contributed by atoms with Crippen LogP contribution in [-0.2, 0) is 0 Å². The molecule has 0 aromatic heterocycles. The van der Waals surface area contributed by atoms with Crippen LogP contribution < -0.4 is 5.32 Å². The molecule has 1 N–H and O–H groups in total. The second kappa shape index (κ2) is 4.27. The van der Waals surface area contributed by atoms with Crippen LogP contribution in [0.1, 0.15) is 46.5 Å². The van der Waals surface area contributed by atoms with Crippen molar-refractivity contribution in [3.8, 4) is 0 Å². The van der Waals surface area contributed by atoms with E-state index in [1.54, 1.807) is 0 Å². The van der Waals surface area contributed by atoms with E-state index in [1.807, 2.05) is 0 Å². The summed E-state index contributed by atoms with van der Waals surface area (Å²) in [6, 6.07) is 0. The Bertz CT molecular complexity index is 125. The number of hydrogen-bond acceptors (Lipinski definition) is 1. The van der Waals surface area contributed by atoms with E-state index >= 15 is 0 Å².